The van der Waals surface area contributed by atoms with Gasteiger partial charge in [-0.1, -0.05) is 6.08 Å². The highest BCUT2D eigenvalue weighted by atomic mass is 32.1. The summed E-state index contributed by atoms with van der Waals surface area (Å²) in [4.78, 5) is 48.2. The van der Waals surface area contributed by atoms with E-state index in [1.807, 2.05) is 12.1 Å². The van der Waals surface area contributed by atoms with E-state index in [9.17, 15) is 23.2 Å². The van der Waals surface area contributed by atoms with Crippen molar-refractivity contribution in [1.29, 1.82) is 0 Å². The number of rotatable bonds is 6. The Morgan fingerprint density at radius 2 is 1.91 bits per heavy atom. The van der Waals surface area contributed by atoms with Crippen LogP contribution in [0.4, 0.5) is 25.1 Å². The van der Waals surface area contributed by atoms with Gasteiger partial charge in [0.1, 0.15) is 17.4 Å². The molecule has 3 N–H and O–H groups in total. The summed E-state index contributed by atoms with van der Waals surface area (Å²) in [6.45, 7) is 9.78. The molecule has 2 atom stereocenters. The van der Waals surface area contributed by atoms with Gasteiger partial charge in [-0.25, -0.2) is 23.1 Å². The van der Waals surface area contributed by atoms with Crippen LogP contribution in [0.5, 0.6) is 0 Å². The smallest absolute Gasteiger partial charge is 0.410 e. The molecule has 12 nitrogen and oxygen atoms in total. The van der Waals surface area contributed by atoms with Crippen molar-refractivity contribution in [3.63, 3.8) is 0 Å². The van der Waals surface area contributed by atoms with Crippen LogP contribution >= 0.6 is 11.3 Å². The molecule has 6 heterocycles. The predicted molar refractivity (Wildman–Crippen MR) is 175 cm³/mol. The minimum absolute atomic E-state index is 0.0102. The topological polar surface area (TPSA) is 138 Å². The maximum Gasteiger partial charge on any atom is 0.410 e. The summed E-state index contributed by atoms with van der Waals surface area (Å²) in [6, 6.07) is 3.16. The number of nitrogen functional groups attached to an aromatic ring is 1. The van der Waals surface area contributed by atoms with Gasteiger partial charge in [0.15, 0.2) is 5.82 Å². The number of piperidine rings is 1. The lowest BCUT2D eigenvalue weighted by Crippen LogP contribution is -2.47. The molecule has 0 spiro atoms. The minimum Gasteiger partial charge on any atom is -0.444 e. The number of alkyl halides is 2. The molecule has 3 aromatic heterocycles. The van der Waals surface area contributed by atoms with E-state index in [0.717, 1.165) is 34.7 Å². The highest BCUT2D eigenvalue weighted by Gasteiger charge is 2.35. The molecule has 3 aliphatic rings. The number of nitrogens with two attached hydrogens (primary N) is 1. The van der Waals surface area contributed by atoms with E-state index in [0.29, 0.717) is 69.0 Å². The number of amides is 3. The summed E-state index contributed by atoms with van der Waals surface area (Å²) in [6.07, 6.45) is 2.28. The molecule has 3 aliphatic heterocycles. The first kappa shape index (κ1) is 32.7. The molecule has 6 rings (SSSR count). The molecule has 3 amide bonds. The van der Waals surface area contributed by atoms with E-state index in [-0.39, 0.29) is 27.6 Å². The van der Waals surface area contributed by atoms with Crippen molar-refractivity contribution in [3.05, 3.63) is 45.5 Å². The quantitative estimate of drug-likeness (QED) is 0.386. The third-order valence-corrected chi connectivity index (χ3v) is 9.99. The molecule has 0 saturated carbocycles. The number of aromatic nitrogens is 3. The Bertz CT molecular complexity index is 1730. The zero-order valence-corrected chi connectivity index (χ0v) is 27.8. The van der Waals surface area contributed by atoms with Crippen LogP contribution in [0.2, 0.25) is 0 Å². The van der Waals surface area contributed by atoms with Crippen LogP contribution in [-0.4, -0.2) is 93.2 Å². The van der Waals surface area contributed by atoms with Gasteiger partial charge >= 0.3 is 6.09 Å². The Labute approximate surface area is 275 Å². The van der Waals surface area contributed by atoms with E-state index in [2.05, 4.69) is 20.3 Å². The summed E-state index contributed by atoms with van der Waals surface area (Å²) in [5.41, 5.74) is 9.49. The van der Waals surface area contributed by atoms with Gasteiger partial charge in [-0.15, -0.1) is 11.3 Å². The second-order valence-electron chi connectivity index (χ2n) is 13.4. The Morgan fingerprint density at radius 3 is 2.62 bits per heavy atom. The van der Waals surface area contributed by atoms with Crippen LogP contribution in [-0.2, 0) is 9.53 Å². The average molecular weight is 671 g/mol. The summed E-state index contributed by atoms with van der Waals surface area (Å²) in [5, 5.41) is 7.58. The molecule has 15 heteroatoms. The van der Waals surface area contributed by atoms with Crippen molar-refractivity contribution in [2.24, 2.45) is 0 Å². The fourth-order valence-corrected chi connectivity index (χ4v) is 7.59. The van der Waals surface area contributed by atoms with E-state index >= 15 is 0 Å². The average Bonchev–Trinajstić information content (AvgIpc) is 3.80. The van der Waals surface area contributed by atoms with Crippen LogP contribution < -0.4 is 16.0 Å². The first-order valence-electron chi connectivity index (χ1n) is 15.8. The monoisotopic (exact) mass is 670 g/mol. The van der Waals surface area contributed by atoms with Gasteiger partial charge in [0, 0.05) is 58.2 Å². The number of fused-ring (bicyclic) bond motifs is 1. The molecular weight excluding hydrogens is 630 g/mol. The number of hydrogen-bond donors (Lipinski definition) is 2. The van der Waals surface area contributed by atoms with Gasteiger partial charge < -0.3 is 30.5 Å². The lowest BCUT2D eigenvalue weighted by atomic mass is 9.98. The van der Waals surface area contributed by atoms with Gasteiger partial charge in [0.25, 0.3) is 12.3 Å². The number of anilines is 2. The minimum atomic E-state index is -2.71. The number of likely N-dealkylation sites (tertiary alicyclic amines) is 1. The van der Waals surface area contributed by atoms with Crippen molar-refractivity contribution in [2.45, 2.75) is 70.9 Å². The van der Waals surface area contributed by atoms with Crippen molar-refractivity contribution in [3.8, 4) is 0 Å². The first-order valence-corrected chi connectivity index (χ1v) is 16.6. The van der Waals surface area contributed by atoms with Gasteiger partial charge in [0.2, 0.25) is 5.91 Å². The Balaban J connectivity index is 1.20. The normalized spacial score (nSPS) is 20.3. The number of hydrogen-bond acceptors (Lipinski definition) is 9. The van der Waals surface area contributed by atoms with Crippen molar-refractivity contribution in [2.75, 3.05) is 49.9 Å². The van der Waals surface area contributed by atoms with E-state index in [1.54, 1.807) is 42.0 Å². The summed E-state index contributed by atoms with van der Waals surface area (Å²) in [5.74, 6) is -0.351. The SMILES string of the molecule is CC(=O)N1CC=C(c2cc(N3CCC[C@@H](NC(=O)c4sc(C(F)F)cc4C4CCN(C(=O)OC(C)(C)C)C4)C3)c3c(N)ncnn23)C1. The second-order valence-corrected chi connectivity index (χ2v) is 14.4. The molecule has 0 aromatic carbocycles. The standard InChI is InChI=1S/C32H40F2N8O4S/c1-18(43)39-10-8-20(15-39)23-13-24(26-29(35)36-17-37-42(23)26)40-9-5-6-21(16-40)38-30(44)27-22(12-25(47-27)28(33)34)19-7-11-41(14-19)31(45)46-32(2,3)4/h8,12-13,17,19,21,28H,5-7,9-11,14-16H2,1-4H3,(H,38,44)(H2,35,36,37)/t19?,21-/m1/s1. The lowest BCUT2D eigenvalue weighted by molar-refractivity contribution is -0.127. The highest BCUT2D eigenvalue weighted by molar-refractivity contribution is 7.14. The zero-order valence-electron chi connectivity index (χ0n) is 27.0. The molecule has 252 valence electrons. The second kappa shape index (κ2) is 12.7. The zero-order chi connectivity index (χ0) is 33.6. The first-order chi connectivity index (χ1) is 22.3. The van der Waals surface area contributed by atoms with Crippen LogP contribution in [0.15, 0.2) is 24.5 Å². The van der Waals surface area contributed by atoms with E-state index in [4.69, 9.17) is 10.5 Å². The van der Waals surface area contributed by atoms with Crippen LogP contribution in [0, 0.1) is 0 Å². The third-order valence-electron chi connectivity index (χ3n) is 8.83. The van der Waals surface area contributed by atoms with E-state index < -0.39 is 24.0 Å². The maximum absolute atomic E-state index is 13.9. The van der Waals surface area contributed by atoms with Gasteiger partial charge in [-0.05, 0) is 63.3 Å². The molecule has 1 unspecified atom stereocenters. The summed E-state index contributed by atoms with van der Waals surface area (Å²) in [7, 11) is 0. The van der Waals surface area contributed by atoms with Crippen molar-refractivity contribution < 1.29 is 27.9 Å². The molecule has 0 radical (unpaired) electrons. The van der Waals surface area contributed by atoms with Gasteiger partial charge in [-0.3, -0.25) is 9.59 Å². The fourth-order valence-electron chi connectivity index (χ4n) is 6.58. The molecule has 0 bridgehead atoms. The Hall–Kier alpha value is -4.27. The van der Waals surface area contributed by atoms with Crippen molar-refractivity contribution >= 4 is 51.8 Å². The molecule has 0 aliphatic carbocycles. The number of nitrogens with zero attached hydrogens (tertiary/aromatic N) is 6. The number of halogens is 2. The highest BCUT2D eigenvalue weighted by Crippen LogP contribution is 2.39. The van der Waals surface area contributed by atoms with Gasteiger partial charge in [0.05, 0.1) is 21.1 Å². The van der Waals surface area contributed by atoms with E-state index in [1.165, 1.54) is 12.4 Å². The number of nitrogens with one attached hydrogen (secondary N) is 1. The number of ether oxygens (including phenoxy) is 1. The molecule has 2 saturated heterocycles. The summed E-state index contributed by atoms with van der Waals surface area (Å²) >= 11 is 0.810. The fraction of sp³-hybridized carbons (Fsp3) is 0.531. The maximum atomic E-state index is 13.9. The largest absolute Gasteiger partial charge is 0.444 e. The molecule has 2 fully saturated rings. The molecule has 3 aromatic rings. The van der Waals surface area contributed by atoms with Crippen LogP contribution in [0.3, 0.4) is 0 Å². The Morgan fingerprint density at radius 1 is 1.13 bits per heavy atom. The summed E-state index contributed by atoms with van der Waals surface area (Å²) < 4.78 is 35.0. The number of thiophene rings is 1. The van der Waals surface area contributed by atoms with Crippen molar-refractivity contribution in [1.82, 2.24) is 29.7 Å². The number of carbonyl (C=O) groups excluding carboxylic acids is 3. The predicted octanol–water partition coefficient (Wildman–Crippen LogP) is 4.68. The van der Waals surface area contributed by atoms with Gasteiger partial charge in [-0.2, -0.15) is 5.10 Å². The third kappa shape index (κ3) is 6.76. The molecular formula is C32H40F2N8O4S. The lowest BCUT2D eigenvalue weighted by Gasteiger charge is -2.34. The van der Waals surface area contributed by atoms with Crippen LogP contribution in [0.25, 0.3) is 11.1 Å². The number of carbonyl (C=O) groups is 3. The Kier molecular flexibility index (Phi) is 8.85. The van der Waals surface area contributed by atoms with Crippen LogP contribution in [0.1, 0.15) is 85.1 Å². The molecule has 47 heavy (non-hydrogen) atoms.